The number of aromatic nitrogens is 4. The van der Waals surface area contributed by atoms with Crippen LogP contribution in [0.25, 0.3) is 11.4 Å². The van der Waals surface area contributed by atoms with Crippen molar-refractivity contribution in [1.82, 2.24) is 25.5 Å². The second kappa shape index (κ2) is 5.97. The van der Waals surface area contributed by atoms with Gasteiger partial charge in [-0.2, -0.15) is 10.1 Å². The summed E-state index contributed by atoms with van der Waals surface area (Å²) in [6.45, 7) is 1.66. The Kier molecular flexibility index (Phi) is 4.01. The van der Waals surface area contributed by atoms with E-state index in [1.54, 1.807) is 25.1 Å². The van der Waals surface area contributed by atoms with Crippen molar-refractivity contribution in [3.8, 4) is 17.5 Å². The van der Waals surface area contributed by atoms with Crippen LogP contribution in [-0.2, 0) is 11.3 Å². The van der Waals surface area contributed by atoms with Crippen molar-refractivity contribution in [2.75, 3.05) is 0 Å². The van der Waals surface area contributed by atoms with Gasteiger partial charge < -0.3 is 5.32 Å². The Hall–Kier alpha value is -2.46. The maximum atomic E-state index is 12.1. The molecule has 1 fully saturated rings. The number of halogens is 1. The van der Waals surface area contributed by atoms with Gasteiger partial charge in [0.15, 0.2) is 0 Å². The molecule has 1 aromatic carbocycles. The van der Waals surface area contributed by atoms with Crippen molar-refractivity contribution in [2.24, 2.45) is 5.92 Å². The number of carbonyl (C=O) groups is 1. The molecule has 118 valence electrons. The third-order valence-electron chi connectivity index (χ3n) is 3.85. The van der Waals surface area contributed by atoms with Crippen LogP contribution < -0.4 is 5.32 Å². The molecule has 1 saturated carbocycles. The van der Waals surface area contributed by atoms with Crippen LogP contribution in [0.4, 0.5) is 0 Å². The van der Waals surface area contributed by atoms with E-state index < -0.39 is 5.54 Å². The van der Waals surface area contributed by atoms with E-state index in [1.165, 1.54) is 4.80 Å². The summed E-state index contributed by atoms with van der Waals surface area (Å²) >= 11 is 5.93. The van der Waals surface area contributed by atoms with Crippen LogP contribution in [0.3, 0.4) is 0 Å². The fourth-order valence-electron chi connectivity index (χ4n) is 2.39. The first kappa shape index (κ1) is 15.4. The number of nitriles is 1. The molecule has 0 radical (unpaired) electrons. The third-order valence-corrected chi connectivity index (χ3v) is 4.08. The lowest BCUT2D eigenvalue weighted by atomic mass is 9.98. The minimum atomic E-state index is -0.826. The van der Waals surface area contributed by atoms with Crippen molar-refractivity contribution in [1.29, 1.82) is 5.26 Å². The predicted octanol–water partition coefficient (Wildman–Crippen LogP) is 1.80. The second-order valence-electron chi connectivity index (χ2n) is 5.79. The van der Waals surface area contributed by atoms with Gasteiger partial charge in [0.05, 0.1) is 6.07 Å². The lowest BCUT2D eigenvalue weighted by molar-refractivity contribution is -0.123. The Morgan fingerprint density at radius 2 is 2.35 bits per heavy atom. The molecule has 1 amide bonds. The number of hydrogen-bond donors (Lipinski definition) is 1. The number of nitrogens with one attached hydrogen (secondary N) is 1. The Bertz CT molecular complexity index is 778. The zero-order valence-corrected chi connectivity index (χ0v) is 13.3. The van der Waals surface area contributed by atoms with Gasteiger partial charge in [-0.25, -0.2) is 0 Å². The molecule has 1 aliphatic carbocycles. The van der Waals surface area contributed by atoms with Crippen molar-refractivity contribution >= 4 is 17.5 Å². The van der Waals surface area contributed by atoms with Gasteiger partial charge >= 0.3 is 0 Å². The molecule has 7 nitrogen and oxygen atoms in total. The number of amides is 1. The molecule has 8 heteroatoms. The summed E-state index contributed by atoms with van der Waals surface area (Å²) in [5.74, 6) is 0.309. The third kappa shape index (κ3) is 3.48. The smallest absolute Gasteiger partial charge is 0.244 e. The van der Waals surface area contributed by atoms with Gasteiger partial charge in [0.25, 0.3) is 0 Å². The van der Waals surface area contributed by atoms with Gasteiger partial charge in [0.2, 0.25) is 11.7 Å². The standard InChI is InChI=1S/C15H15ClN6O/c1-15(9-17,11-5-6-11)18-13(23)8-22-20-14(19-21-22)10-3-2-4-12(16)7-10/h2-4,7,11H,5-6,8H2,1H3,(H,18,23)/t15-/m1/s1. The highest BCUT2D eigenvalue weighted by Crippen LogP contribution is 2.39. The lowest BCUT2D eigenvalue weighted by Crippen LogP contribution is -2.48. The van der Waals surface area contributed by atoms with Crippen LogP contribution >= 0.6 is 11.6 Å². The summed E-state index contributed by atoms with van der Waals surface area (Å²) in [5.41, 5.74) is -0.100. The molecule has 0 bridgehead atoms. The molecule has 2 aromatic rings. The fraction of sp³-hybridized carbons (Fsp3) is 0.400. The van der Waals surface area contributed by atoms with Crippen LogP contribution in [0, 0.1) is 17.2 Å². The van der Waals surface area contributed by atoms with Crippen LogP contribution in [0.15, 0.2) is 24.3 Å². The van der Waals surface area contributed by atoms with Crippen LogP contribution in [0.5, 0.6) is 0 Å². The maximum absolute atomic E-state index is 12.1. The quantitative estimate of drug-likeness (QED) is 0.901. The van der Waals surface area contributed by atoms with Crippen LogP contribution in [-0.4, -0.2) is 31.7 Å². The normalized spacial score (nSPS) is 16.4. The molecule has 0 saturated heterocycles. The summed E-state index contributed by atoms with van der Waals surface area (Å²) in [6.07, 6.45) is 1.93. The average Bonchev–Trinajstić information content (AvgIpc) is 3.28. The molecule has 0 unspecified atom stereocenters. The van der Waals surface area contributed by atoms with Crippen molar-refractivity contribution in [3.05, 3.63) is 29.3 Å². The molecule has 0 aliphatic heterocycles. The first-order valence-corrected chi connectivity index (χ1v) is 7.64. The maximum Gasteiger partial charge on any atom is 0.244 e. The number of nitrogens with zero attached hydrogens (tertiary/aromatic N) is 5. The molecule has 1 aromatic heterocycles. The highest BCUT2D eigenvalue weighted by atomic mass is 35.5. The first-order chi connectivity index (χ1) is 11.0. The van der Waals surface area contributed by atoms with Gasteiger partial charge in [-0.15, -0.1) is 10.2 Å². The number of tetrazole rings is 1. The van der Waals surface area contributed by atoms with E-state index in [-0.39, 0.29) is 18.4 Å². The molecule has 1 aliphatic rings. The van der Waals surface area contributed by atoms with Gasteiger partial charge in [0, 0.05) is 10.6 Å². The molecule has 1 N–H and O–H groups in total. The Balaban J connectivity index is 1.67. The summed E-state index contributed by atoms with van der Waals surface area (Å²) in [6, 6.07) is 9.26. The molecular weight excluding hydrogens is 316 g/mol. The van der Waals surface area contributed by atoms with Crippen LogP contribution in [0.1, 0.15) is 19.8 Å². The van der Waals surface area contributed by atoms with Crippen molar-refractivity contribution in [2.45, 2.75) is 31.8 Å². The molecule has 1 heterocycles. The predicted molar refractivity (Wildman–Crippen MR) is 83.1 cm³/mol. The van der Waals surface area contributed by atoms with E-state index in [1.807, 2.05) is 6.07 Å². The zero-order valence-electron chi connectivity index (χ0n) is 12.5. The molecule has 23 heavy (non-hydrogen) atoms. The second-order valence-corrected chi connectivity index (χ2v) is 6.23. The van der Waals surface area contributed by atoms with E-state index in [0.717, 1.165) is 18.4 Å². The van der Waals surface area contributed by atoms with E-state index in [9.17, 15) is 10.1 Å². The zero-order chi connectivity index (χ0) is 16.4. The summed E-state index contributed by atoms with van der Waals surface area (Å²) in [7, 11) is 0. The van der Waals surface area contributed by atoms with Gasteiger partial charge in [-0.3, -0.25) is 4.79 Å². The van der Waals surface area contributed by atoms with Crippen molar-refractivity contribution in [3.63, 3.8) is 0 Å². The summed E-state index contributed by atoms with van der Waals surface area (Å²) < 4.78 is 0. The SMILES string of the molecule is C[C@](C#N)(NC(=O)Cn1nnc(-c2cccc(Cl)c2)n1)C1CC1. The molecular formula is C15H15ClN6O. The number of rotatable bonds is 5. The highest BCUT2D eigenvalue weighted by Gasteiger charge is 2.43. The molecule has 1 atom stereocenters. The largest absolute Gasteiger partial charge is 0.336 e. The van der Waals surface area contributed by atoms with E-state index in [0.29, 0.717) is 10.8 Å². The molecule has 0 spiro atoms. The van der Waals surface area contributed by atoms with Crippen molar-refractivity contribution < 1.29 is 4.79 Å². The minimum absolute atomic E-state index is 0.0858. The number of hydrogen-bond acceptors (Lipinski definition) is 5. The van der Waals surface area contributed by atoms with Gasteiger partial charge in [-0.1, -0.05) is 23.7 Å². The summed E-state index contributed by atoms with van der Waals surface area (Å²) in [5, 5.41) is 24.6. The van der Waals surface area contributed by atoms with E-state index >= 15 is 0 Å². The number of carbonyl (C=O) groups excluding carboxylic acids is 1. The molecule has 3 rings (SSSR count). The topological polar surface area (TPSA) is 96.5 Å². The average molecular weight is 331 g/mol. The Morgan fingerprint density at radius 1 is 1.57 bits per heavy atom. The van der Waals surface area contributed by atoms with Gasteiger partial charge in [-0.05, 0) is 43.0 Å². The number of benzene rings is 1. The summed E-state index contributed by atoms with van der Waals surface area (Å²) in [4.78, 5) is 13.3. The van der Waals surface area contributed by atoms with E-state index in [2.05, 4.69) is 26.8 Å². The van der Waals surface area contributed by atoms with Crippen LogP contribution in [0.2, 0.25) is 5.02 Å². The lowest BCUT2D eigenvalue weighted by Gasteiger charge is -2.22. The monoisotopic (exact) mass is 330 g/mol. The van der Waals surface area contributed by atoms with E-state index in [4.69, 9.17) is 11.6 Å². The fourth-order valence-corrected chi connectivity index (χ4v) is 2.58. The highest BCUT2D eigenvalue weighted by molar-refractivity contribution is 6.30. The first-order valence-electron chi connectivity index (χ1n) is 7.26. The Morgan fingerprint density at radius 3 is 3.00 bits per heavy atom. The minimum Gasteiger partial charge on any atom is -0.336 e. The Labute approximate surface area is 138 Å². The van der Waals surface area contributed by atoms with Gasteiger partial charge in [0.1, 0.15) is 12.1 Å².